The highest BCUT2D eigenvalue weighted by atomic mass is 19.1. The van der Waals surface area contributed by atoms with Gasteiger partial charge in [0.15, 0.2) is 0 Å². The zero-order valence-corrected chi connectivity index (χ0v) is 16.4. The van der Waals surface area contributed by atoms with E-state index in [2.05, 4.69) is 27.4 Å². The van der Waals surface area contributed by atoms with Gasteiger partial charge < -0.3 is 10.2 Å². The first-order chi connectivity index (χ1) is 14.1. The van der Waals surface area contributed by atoms with Crippen LogP contribution in [0.5, 0.6) is 0 Å². The fourth-order valence-electron chi connectivity index (χ4n) is 3.63. The van der Waals surface area contributed by atoms with E-state index in [9.17, 15) is 9.18 Å². The molecule has 0 aliphatic carbocycles. The highest BCUT2D eigenvalue weighted by Crippen LogP contribution is 2.20. The van der Waals surface area contributed by atoms with Crippen LogP contribution in [0.2, 0.25) is 0 Å². The van der Waals surface area contributed by atoms with Gasteiger partial charge >= 0.3 is 0 Å². The Morgan fingerprint density at radius 3 is 2.69 bits per heavy atom. The van der Waals surface area contributed by atoms with Crippen molar-refractivity contribution < 1.29 is 9.18 Å². The maximum Gasteiger partial charge on any atom is 0.272 e. The van der Waals surface area contributed by atoms with Crippen LogP contribution in [0.1, 0.15) is 33.0 Å². The second-order valence-corrected chi connectivity index (χ2v) is 7.20. The molecule has 1 aromatic heterocycles. The van der Waals surface area contributed by atoms with E-state index in [1.54, 1.807) is 25.1 Å². The summed E-state index contributed by atoms with van der Waals surface area (Å²) in [6.07, 6.45) is 1.38. The molecule has 0 atom stereocenters. The SMILES string of the molecule is Cc1nc(NCCc2ccccc2F)cc(C(=O)N2CCc3ccccc3C2)n1. The molecular weight excluding hydrogens is 367 g/mol. The number of carbonyl (C=O) groups is 1. The molecule has 0 unspecified atom stereocenters. The molecule has 148 valence electrons. The van der Waals surface area contributed by atoms with E-state index in [1.165, 1.54) is 17.2 Å². The normalized spacial score (nSPS) is 13.1. The highest BCUT2D eigenvalue weighted by molar-refractivity contribution is 5.93. The van der Waals surface area contributed by atoms with Crippen LogP contribution in [0.25, 0.3) is 0 Å². The molecule has 3 aromatic rings. The number of halogens is 1. The first-order valence-corrected chi connectivity index (χ1v) is 9.79. The van der Waals surface area contributed by atoms with Gasteiger partial charge in [0.25, 0.3) is 5.91 Å². The fourth-order valence-corrected chi connectivity index (χ4v) is 3.63. The van der Waals surface area contributed by atoms with Crippen molar-refractivity contribution in [2.75, 3.05) is 18.4 Å². The van der Waals surface area contributed by atoms with Crippen LogP contribution in [-0.2, 0) is 19.4 Å². The number of rotatable bonds is 5. The van der Waals surface area contributed by atoms with Crippen molar-refractivity contribution in [1.82, 2.24) is 14.9 Å². The summed E-state index contributed by atoms with van der Waals surface area (Å²) < 4.78 is 13.8. The smallest absolute Gasteiger partial charge is 0.272 e. The number of hydrogen-bond acceptors (Lipinski definition) is 4. The van der Waals surface area contributed by atoms with E-state index in [0.717, 1.165) is 6.42 Å². The molecule has 4 rings (SSSR count). The summed E-state index contributed by atoms with van der Waals surface area (Å²) in [6.45, 7) is 3.55. The summed E-state index contributed by atoms with van der Waals surface area (Å²) in [5.74, 6) is 0.799. The monoisotopic (exact) mass is 390 g/mol. The van der Waals surface area contributed by atoms with Gasteiger partial charge in [0, 0.05) is 25.7 Å². The molecule has 1 N–H and O–H groups in total. The minimum absolute atomic E-state index is 0.0952. The van der Waals surface area contributed by atoms with Crippen molar-refractivity contribution in [3.05, 3.63) is 88.6 Å². The number of nitrogens with one attached hydrogen (secondary N) is 1. The number of nitrogens with zero attached hydrogens (tertiary/aromatic N) is 3. The summed E-state index contributed by atoms with van der Waals surface area (Å²) in [5, 5.41) is 3.19. The number of benzene rings is 2. The zero-order chi connectivity index (χ0) is 20.2. The van der Waals surface area contributed by atoms with Crippen molar-refractivity contribution in [1.29, 1.82) is 0 Å². The van der Waals surface area contributed by atoms with Gasteiger partial charge in [-0.25, -0.2) is 14.4 Å². The summed E-state index contributed by atoms with van der Waals surface area (Å²) >= 11 is 0. The number of carbonyl (C=O) groups excluding carboxylic acids is 1. The molecule has 1 aliphatic heterocycles. The Morgan fingerprint density at radius 2 is 1.86 bits per heavy atom. The van der Waals surface area contributed by atoms with Crippen LogP contribution in [0.15, 0.2) is 54.6 Å². The van der Waals surface area contributed by atoms with Crippen LogP contribution < -0.4 is 5.32 Å². The maximum atomic E-state index is 13.8. The lowest BCUT2D eigenvalue weighted by Crippen LogP contribution is -2.36. The molecule has 6 heteroatoms. The van der Waals surface area contributed by atoms with Crippen molar-refractivity contribution in [3.8, 4) is 0 Å². The van der Waals surface area contributed by atoms with Gasteiger partial charge in [-0.1, -0.05) is 42.5 Å². The molecular formula is C23H23FN4O. The second kappa shape index (κ2) is 8.39. The van der Waals surface area contributed by atoms with Crippen molar-refractivity contribution in [2.24, 2.45) is 0 Å². The summed E-state index contributed by atoms with van der Waals surface area (Å²) in [4.78, 5) is 23.5. The van der Waals surface area contributed by atoms with Crippen LogP contribution in [0, 0.1) is 12.7 Å². The van der Waals surface area contributed by atoms with Crippen molar-refractivity contribution in [2.45, 2.75) is 26.3 Å². The predicted molar refractivity (Wildman–Crippen MR) is 110 cm³/mol. The fraction of sp³-hybridized carbons (Fsp3) is 0.261. The van der Waals surface area contributed by atoms with Crippen LogP contribution in [-0.4, -0.2) is 33.9 Å². The van der Waals surface area contributed by atoms with E-state index < -0.39 is 0 Å². The van der Waals surface area contributed by atoms with E-state index in [0.29, 0.717) is 49.0 Å². The molecule has 5 nitrogen and oxygen atoms in total. The Balaban J connectivity index is 1.44. The van der Waals surface area contributed by atoms with Gasteiger partial charge in [-0.05, 0) is 42.5 Å². The van der Waals surface area contributed by atoms with Crippen LogP contribution in [0.4, 0.5) is 10.2 Å². The Bertz CT molecular complexity index is 1040. The molecule has 0 spiro atoms. The molecule has 29 heavy (non-hydrogen) atoms. The lowest BCUT2D eigenvalue weighted by Gasteiger charge is -2.28. The quantitative estimate of drug-likeness (QED) is 0.720. The van der Waals surface area contributed by atoms with Gasteiger partial charge in [0.2, 0.25) is 0 Å². The topological polar surface area (TPSA) is 58.1 Å². The average Bonchev–Trinajstić information content (AvgIpc) is 2.74. The Morgan fingerprint density at radius 1 is 1.10 bits per heavy atom. The van der Waals surface area contributed by atoms with Gasteiger partial charge in [-0.2, -0.15) is 0 Å². The molecule has 2 aromatic carbocycles. The first kappa shape index (κ1) is 19.1. The number of hydrogen-bond donors (Lipinski definition) is 1. The molecule has 0 saturated heterocycles. The molecule has 0 fully saturated rings. The Hall–Kier alpha value is -3.28. The minimum Gasteiger partial charge on any atom is -0.370 e. The highest BCUT2D eigenvalue weighted by Gasteiger charge is 2.23. The maximum absolute atomic E-state index is 13.8. The summed E-state index contributed by atoms with van der Waals surface area (Å²) in [6, 6.07) is 16.6. The summed E-state index contributed by atoms with van der Waals surface area (Å²) in [5.41, 5.74) is 3.51. The van der Waals surface area contributed by atoms with E-state index >= 15 is 0 Å². The van der Waals surface area contributed by atoms with Crippen molar-refractivity contribution >= 4 is 11.7 Å². The summed E-state index contributed by atoms with van der Waals surface area (Å²) in [7, 11) is 0. The largest absolute Gasteiger partial charge is 0.370 e. The number of aryl methyl sites for hydroxylation is 1. The lowest BCUT2D eigenvalue weighted by molar-refractivity contribution is 0.0728. The zero-order valence-electron chi connectivity index (χ0n) is 16.4. The van der Waals surface area contributed by atoms with Crippen LogP contribution in [0.3, 0.4) is 0 Å². The van der Waals surface area contributed by atoms with E-state index in [1.807, 2.05) is 23.1 Å². The van der Waals surface area contributed by atoms with Gasteiger partial charge in [-0.15, -0.1) is 0 Å². The standard InChI is InChI=1S/C23H23FN4O/c1-16-26-21(23(29)28-13-11-17-6-2-3-8-19(17)15-28)14-22(27-16)25-12-10-18-7-4-5-9-20(18)24/h2-9,14H,10-13,15H2,1H3,(H,25,26,27). The van der Waals surface area contributed by atoms with Gasteiger partial charge in [0.05, 0.1) is 0 Å². The lowest BCUT2D eigenvalue weighted by atomic mass is 10.00. The Kier molecular flexibility index (Phi) is 5.51. The van der Waals surface area contributed by atoms with Crippen molar-refractivity contribution in [3.63, 3.8) is 0 Å². The van der Waals surface area contributed by atoms with Gasteiger partial charge in [-0.3, -0.25) is 4.79 Å². The van der Waals surface area contributed by atoms with Gasteiger partial charge in [0.1, 0.15) is 23.2 Å². The first-order valence-electron chi connectivity index (χ1n) is 9.79. The molecule has 2 heterocycles. The number of fused-ring (bicyclic) bond motifs is 1. The van der Waals surface area contributed by atoms with E-state index in [4.69, 9.17) is 0 Å². The molecule has 0 bridgehead atoms. The molecule has 0 radical (unpaired) electrons. The third kappa shape index (κ3) is 4.42. The molecule has 1 aliphatic rings. The Labute approximate surface area is 169 Å². The average molecular weight is 390 g/mol. The van der Waals surface area contributed by atoms with Crippen LogP contribution >= 0.6 is 0 Å². The third-order valence-corrected chi connectivity index (χ3v) is 5.13. The molecule has 0 saturated carbocycles. The number of anilines is 1. The number of aromatic nitrogens is 2. The van der Waals surface area contributed by atoms with E-state index in [-0.39, 0.29) is 11.7 Å². The minimum atomic E-state index is -0.214. The number of amides is 1. The molecule has 1 amide bonds. The second-order valence-electron chi connectivity index (χ2n) is 7.20. The predicted octanol–water partition coefficient (Wildman–Crippen LogP) is 3.78. The third-order valence-electron chi connectivity index (χ3n) is 5.13.